The van der Waals surface area contributed by atoms with Crippen LogP contribution in [0, 0.1) is 5.41 Å². The van der Waals surface area contributed by atoms with Gasteiger partial charge in [0.2, 0.25) is 0 Å². The number of piperidine rings is 1. The third-order valence-corrected chi connectivity index (χ3v) is 4.55. The van der Waals surface area contributed by atoms with E-state index in [0.717, 1.165) is 38.2 Å². The van der Waals surface area contributed by atoms with Gasteiger partial charge in [-0.05, 0) is 57.9 Å². The summed E-state index contributed by atoms with van der Waals surface area (Å²) in [6.07, 6.45) is 6.30. The van der Waals surface area contributed by atoms with Gasteiger partial charge in [0.25, 0.3) is 0 Å². The molecule has 0 aliphatic carbocycles. The monoisotopic (exact) mass is 335 g/mol. The summed E-state index contributed by atoms with van der Waals surface area (Å²) in [7, 11) is 1.68. The first kappa shape index (κ1) is 18.7. The fourth-order valence-corrected chi connectivity index (χ4v) is 3.43. The van der Waals surface area contributed by atoms with Crippen molar-refractivity contribution in [3.8, 4) is 0 Å². The fourth-order valence-electron chi connectivity index (χ4n) is 3.43. The van der Waals surface area contributed by atoms with Gasteiger partial charge in [-0.25, -0.2) is 0 Å². The topological polar surface area (TPSA) is 51.9 Å². The molecule has 0 spiro atoms. The molecule has 1 fully saturated rings. The molecule has 0 amide bonds. The summed E-state index contributed by atoms with van der Waals surface area (Å²) in [5.74, 6) is 0.778. The Morgan fingerprint density at radius 2 is 2.33 bits per heavy atom. The van der Waals surface area contributed by atoms with E-state index >= 15 is 0 Å². The van der Waals surface area contributed by atoms with Crippen molar-refractivity contribution in [3.63, 3.8) is 0 Å². The van der Waals surface area contributed by atoms with Crippen molar-refractivity contribution < 1.29 is 18.7 Å². The zero-order chi connectivity index (χ0) is 17.4. The molecule has 1 saturated heterocycles. The molecule has 2 rings (SSSR count). The molecule has 0 saturated carbocycles. The maximum atomic E-state index is 12.6. The lowest BCUT2D eigenvalue weighted by Crippen LogP contribution is -2.49. The Morgan fingerprint density at radius 3 is 3.00 bits per heavy atom. The second-order valence-electron chi connectivity index (χ2n) is 6.56. The average molecular weight is 335 g/mol. The zero-order valence-electron chi connectivity index (χ0n) is 15.0. The molecule has 1 aromatic rings. The first-order valence-electron chi connectivity index (χ1n) is 8.69. The van der Waals surface area contributed by atoms with Crippen molar-refractivity contribution in [2.75, 3.05) is 40.0 Å². The van der Waals surface area contributed by atoms with Crippen LogP contribution in [0.15, 0.2) is 28.4 Å². The highest BCUT2D eigenvalue weighted by Crippen LogP contribution is 2.35. The molecule has 134 valence electrons. The van der Waals surface area contributed by atoms with E-state index in [2.05, 4.69) is 17.9 Å². The number of esters is 1. The predicted octanol–water partition coefficient (Wildman–Crippen LogP) is 3.36. The minimum Gasteiger partial charge on any atom is -0.466 e. The number of furan rings is 1. The van der Waals surface area contributed by atoms with E-state index in [1.54, 1.807) is 13.4 Å². The van der Waals surface area contributed by atoms with E-state index in [1.807, 2.05) is 19.1 Å². The lowest BCUT2D eigenvalue weighted by atomic mass is 9.77. The predicted molar refractivity (Wildman–Crippen MR) is 93.6 cm³/mol. The lowest BCUT2D eigenvalue weighted by Gasteiger charge is -2.41. The first-order chi connectivity index (χ1) is 11.6. The summed E-state index contributed by atoms with van der Waals surface area (Å²) in [5, 5.41) is 0. The molecule has 1 aromatic heterocycles. The van der Waals surface area contributed by atoms with Crippen molar-refractivity contribution in [1.29, 1.82) is 0 Å². The van der Waals surface area contributed by atoms with Gasteiger partial charge >= 0.3 is 5.97 Å². The molecule has 1 aliphatic rings. The van der Waals surface area contributed by atoms with Gasteiger partial charge in [-0.1, -0.05) is 5.57 Å². The zero-order valence-corrected chi connectivity index (χ0v) is 15.0. The largest absolute Gasteiger partial charge is 0.466 e. The fraction of sp³-hybridized carbons (Fsp3) is 0.632. The Kier molecular flexibility index (Phi) is 7.06. The minimum absolute atomic E-state index is 0.0839. The van der Waals surface area contributed by atoms with Crippen LogP contribution in [-0.2, 0) is 14.3 Å². The highest BCUT2D eigenvalue weighted by Gasteiger charge is 2.43. The van der Waals surface area contributed by atoms with Crippen LogP contribution in [0.5, 0.6) is 0 Å². The molecular formula is C19H29NO4. The van der Waals surface area contributed by atoms with Gasteiger partial charge in [0.1, 0.15) is 5.76 Å². The molecule has 5 nitrogen and oxygen atoms in total. The van der Waals surface area contributed by atoms with Gasteiger partial charge in [0, 0.05) is 26.8 Å². The van der Waals surface area contributed by atoms with Crippen molar-refractivity contribution >= 4 is 12.0 Å². The average Bonchev–Trinajstić information content (AvgIpc) is 3.06. The third-order valence-electron chi connectivity index (χ3n) is 4.55. The quantitative estimate of drug-likeness (QED) is 0.682. The number of rotatable bonds is 8. The van der Waals surface area contributed by atoms with Crippen LogP contribution in [0.25, 0.3) is 6.08 Å². The molecular weight excluding hydrogens is 306 g/mol. The molecule has 1 aliphatic heterocycles. The van der Waals surface area contributed by atoms with E-state index in [9.17, 15) is 4.79 Å². The SMILES string of the molecule is CCOC(=O)C1(CCOC)CCCN(C/C(C)=C/c2ccco2)C1. The molecule has 5 heteroatoms. The lowest BCUT2D eigenvalue weighted by molar-refractivity contribution is -0.160. The minimum atomic E-state index is -0.449. The van der Waals surface area contributed by atoms with E-state index in [0.29, 0.717) is 19.6 Å². The van der Waals surface area contributed by atoms with E-state index in [4.69, 9.17) is 13.9 Å². The third kappa shape index (κ3) is 4.95. The Morgan fingerprint density at radius 1 is 1.50 bits per heavy atom. The van der Waals surface area contributed by atoms with Crippen LogP contribution >= 0.6 is 0 Å². The number of likely N-dealkylation sites (tertiary alicyclic amines) is 1. The summed E-state index contributed by atoms with van der Waals surface area (Å²) in [6.45, 7) is 7.50. The summed E-state index contributed by atoms with van der Waals surface area (Å²) in [5.41, 5.74) is 0.770. The van der Waals surface area contributed by atoms with Crippen LogP contribution in [0.3, 0.4) is 0 Å². The Bertz CT molecular complexity index is 538. The maximum absolute atomic E-state index is 12.6. The number of carbonyl (C=O) groups is 1. The molecule has 0 bridgehead atoms. The summed E-state index contributed by atoms with van der Waals surface area (Å²) < 4.78 is 16.0. The standard InChI is InChI=1S/C19H29NO4/c1-4-23-18(21)19(9-12-22-3)8-6-10-20(15-19)14-16(2)13-17-7-5-11-24-17/h5,7,11,13H,4,6,8-10,12,14-15H2,1-3H3/b16-13+. The Hall–Kier alpha value is -1.59. The maximum Gasteiger partial charge on any atom is 0.313 e. The number of ether oxygens (including phenoxy) is 2. The van der Waals surface area contributed by atoms with Crippen LogP contribution < -0.4 is 0 Å². The number of methoxy groups -OCH3 is 1. The van der Waals surface area contributed by atoms with Crippen molar-refractivity contribution in [2.45, 2.75) is 33.1 Å². The van der Waals surface area contributed by atoms with Gasteiger partial charge < -0.3 is 13.9 Å². The van der Waals surface area contributed by atoms with Crippen molar-refractivity contribution in [3.05, 3.63) is 29.7 Å². The van der Waals surface area contributed by atoms with E-state index in [-0.39, 0.29) is 5.97 Å². The van der Waals surface area contributed by atoms with Gasteiger partial charge in [-0.3, -0.25) is 9.69 Å². The van der Waals surface area contributed by atoms with Crippen molar-refractivity contribution in [1.82, 2.24) is 4.90 Å². The first-order valence-corrected chi connectivity index (χ1v) is 8.69. The number of hydrogen-bond donors (Lipinski definition) is 0. The molecule has 1 atom stereocenters. The normalized spacial score (nSPS) is 22.5. The second kappa shape index (κ2) is 9.04. The molecule has 0 radical (unpaired) electrons. The van der Waals surface area contributed by atoms with Crippen LogP contribution in [0.1, 0.15) is 38.9 Å². The second-order valence-corrected chi connectivity index (χ2v) is 6.56. The van der Waals surface area contributed by atoms with E-state index in [1.165, 1.54) is 5.57 Å². The summed E-state index contributed by atoms with van der Waals surface area (Å²) >= 11 is 0. The smallest absolute Gasteiger partial charge is 0.313 e. The molecule has 0 N–H and O–H groups in total. The van der Waals surface area contributed by atoms with Crippen LogP contribution in [0.2, 0.25) is 0 Å². The number of hydrogen-bond acceptors (Lipinski definition) is 5. The van der Waals surface area contributed by atoms with Gasteiger partial charge in [-0.15, -0.1) is 0 Å². The highest BCUT2D eigenvalue weighted by atomic mass is 16.5. The van der Waals surface area contributed by atoms with Gasteiger partial charge in [0.05, 0.1) is 18.3 Å². The molecule has 24 heavy (non-hydrogen) atoms. The van der Waals surface area contributed by atoms with Crippen molar-refractivity contribution in [2.24, 2.45) is 5.41 Å². The molecule has 2 heterocycles. The summed E-state index contributed by atoms with van der Waals surface area (Å²) in [6, 6.07) is 3.83. The van der Waals surface area contributed by atoms with E-state index < -0.39 is 5.41 Å². The number of nitrogens with zero attached hydrogens (tertiary/aromatic N) is 1. The molecule has 0 aromatic carbocycles. The number of carbonyl (C=O) groups excluding carboxylic acids is 1. The van der Waals surface area contributed by atoms with Gasteiger partial charge in [0.15, 0.2) is 0 Å². The Labute approximate surface area is 144 Å². The highest BCUT2D eigenvalue weighted by molar-refractivity contribution is 5.77. The summed E-state index contributed by atoms with van der Waals surface area (Å²) in [4.78, 5) is 14.9. The van der Waals surface area contributed by atoms with Gasteiger partial charge in [-0.2, -0.15) is 0 Å². The van der Waals surface area contributed by atoms with Crippen LogP contribution in [0.4, 0.5) is 0 Å². The van der Waals surface area contributed by atoms with Crippen LogP contribution in [-0.4, -0.2) is 50.8 Å². The molecule has 1 unspecified atom stereocenters. The Balaban J connectivity index is 2.05.